The maximum Gasteiger partial charge on any atom is 0.379 e. The second-order valence-electron chi connectivity index (χ2n) is 2.47. The van der Waals surface area contributed by atoms with E-state index in [0.717, 1.165) is 0 Å². The van der Waals surface area contributed by atoms with Crippen molar-refractivity contribution in [3.8, 4) is 0 Å². The fourth-order valence-corrected chi connectivity index (χ4v) is 0.933. The van der Waals surface area contributed by atoms with Crippen molar-refractivity contribution in [3.63, 3.8) is 0 Å². The highest BCUT2D eigenvalue weighted by Gasteiger charge is 2.19. The molecule has 0 aliphatic rings. The number of carboxylic acids is 1. The second-order valence-corrected chi connectivity index (χ2v) is 2.47. The monoisotopic (exact) mass is 168 g/mol. The highest BCUT2D eigenvalue weighted by atomic mass is 16.4. The average Bonchev–Trinajstić information content (AvgIpc) is 2.28. The first kappa shape index (κ1) is 8.45. The smallest absolute Gasteiger partial charge is 0.379 e. The lowest BCUT2D eigenvalue weighted by atomic mass is 10.2. The summed E-state index contributed by atoms with van der Waals surface area (Å²) >= 11 is 0. The fraction of sp³-hybridized carbons (Fsp3) is 0.286. The van der Waals surface area contributed by atoms with Gasteiger partial charge in [-0.15, -0.1) is 0 Å². The van der Waals surface area contributed by atoms with Gasteiger partial charge in [0, 0.05) is 13.2 Å². The molecule has 64 valence electrons. The van der Waals surface area contributed by atoms with Gasteiger partial charge in [0.15, 0.2) is 0 Å². The number of nitrogens with zero attached hydrogens (tertiary/aromatic N) is 2. The van der Waals surface area contributed by atoms with Crippen LogP contribution in [-0.2, 0) is 11.8 Å². The lowest BCUT2D eigenvalue weighted by molar-refractivity contribution is -0.131. The first-order chi connectivity index (χ1) is 5.52. The van der Waals surface area contributed by atoms with Gasteiger partial charge in [-0.2, -0.15) is 5.10 Å². The molecule has 0 atom stereocenters. The zero-order chi connectivity index (χ0) is 9.30. The van der Waals surface area contributed by atoms with E-state index in [0.29, 0.717) is 5.56 Å². The molecule has 5 nitrogen and oxygen atoms in total. The summed E-state index contributed by atoms with van der Waals surface area (Å²) in [6.45, 7) is 1.64. The van der Waals surface area contributed by atoms with Crippen LogP contribution in [0.3, 0.4) is 0 Å². The van der Waals surface area contributed by atoms with Gasteiger partial charge in [0.25, 0.3) is 5.78 Å². The molecule has 1 heterocycles. The number of Topliss-reactive ketones (excluding diaryl/α,β-unsaturated/α-hetero) is 1. The molecule has 1 rings (SSSR count). The van der Waals surface area contributed by atoms with Gasteiger partial charge in [0.2, 0.25) is 0 Å². The normalized spacial score (nSPS) is 9.83. The van der Waals surface area contributed by atoms with Crippen molar-refractivity contribution in [2.24, 2.45) is 7.05 Å². The molecule has 0 unspecified atom stereocenters. The zero-order valence-electron chi connectivity index (χ0n) is 6.74. The van der Waals surface area contributed by atoms with Gasteiger partial charge < -0.3 is 5.11 Å². The van der Waals surface area contributed by atoms with Gasteiger partial charge in [-0.05, 0) is 12.5 Å². The Morgan fingerprint density at radius 3 is 2.50 bits per heavy atom. The van der Waals surface area contributed by atoms with Crippen LogP contribution in [0.25, 0.3) is 0 Å². The maximum absolute atomic E-state index is 10.9. The molecule has 12 heavy (non-hydrogen) atoms. The largest absolute Gasteiger partial charge is 0.475 e. The van der Waals surface area contributed by atoms with E-state index in [1.54, 1.807) is 20.2 Å². The highest BCUT2D eigenvalue weighted by molar-refractivity contribution is 6.39. The molecular formula is C7H8N2O3. The number of carbonyl (C=O) groups is 2. The number of carboxylic acid groups (broad SMARTS) is 1. The summed E-state index contributed by atoms with van der Waals surface area (Å²) in [5.74, 6) is -2.44. The highest BCUT2D eigenvalue weighted by Crippen LogP contribution is 2.04. The van der Waals surface area contributed by atoms with E-state index in [1.807, 2.05) is 0 Å². The molecule has 0 spiro atoms. The lowest BCUT2D eigenvalue weighted by Gasteiger charge is -1.89. The molecule has 1 aromatic rings. The van der Waals surface area contributed by atoms with Crippen molar-refractivity contribution in [3.05, 3.63) is 17.5 Å². The Bertz CT molecular complexity index is 340. The zero-order valence-corrected chi connectivity index (χ0v) is 6.74. The summed E-state index contributed by atoms with van der Waals surface area (Å²) in [6.07, 6.45) is 1.59. The van der Waals surface area contributed by atoms with Crippen LogP contribution in [0.2, 0.25) is 0 Å². The summed E-state index contributed by atoms with van der Waals surface area (Å²) in [4.78, 5) is 21.2. The first-order valence-corrected chi connectivity index (χ1v) is 3.30. The number of aromatic nitrogens is 2. The van der Waals surface area contributed by atoms with Gasteiger partial charge in [0.05, 0.1) is 0 Å². The fourth-order valence-electron chi connectivity index (χ4n) is 0.933. The minimum Gasteiger partial charge on any atom is -0.475 e. The summed E-state index contributed by atoms with van der Waals surface area (Å²) in [6, 6.07) is 0. The van der Waals surface area contributed by atoms with Crippen LogP contribution in [-0.4, -0.2) is 26.6 Å². The average molecular weight is 168 g/mol. The molecule has 0 bridgehead atoms. The number of carbonyl (C=O) groups excluding carboxylic acids is 1. The number of aryl methyl sites for hydroxylation is 2. The van der Waals surface area contributed by atoms with E-state index in [-0.39, 0.29) is 5.69 Å². The van der Waals surface area contributed by atoms with Crippen molar-refractivity contribution >= 4 is 11.8 Å². The van der Waals surface area contributed by atoms with Crippen molar-refractivity contribution in [1.29, 1.82) is 0 Å². The second kappa shape index (κ2) is 2.77. The molecular weight excluding hydrogens is 160 g/mol. The maximum atomic E-state index is 10.9. The third kappa shape index (κ3) is 1.34. The van der Waals surface area contributed by atoms with Crippen LogP contribution in [0, 0.1) is 6.92 Å². The van der Waals surface area contributed by atoms with Crippen LogP contribution >= 0.6 is 0 Å². The predicted molar refractivity (Wildman–Crippen MR) is 39.9 cm³/mol. The van der Waals surface area contributed by atoms with Crippen LogP contribution < -0.4 is 0 Å². The SMILES string of the molecule is Cc1cn(C)nc1C(=O)C(=O)O. The van der Waals surface area contributed by atoms with E-state index in [2.05, 4.69) is 5.10 Å². The molecule has 0 fully saturated rings. The van der Waals surface area contributed by atoms with Gasteiger partial charge in [0.1, 0.15) is 5.69 Å². The quantitative estimate of drug-likeness (QED) is 0.498. The standard InChI is InChI=1S/C7H8N2O3/c1-4-3-9(2)8-5(4)6(10)7(11)12/h3H,1-2H3,(H,11,12). The molecule has 0 saturated heterocycles. The molecule has 0 aliphatic heterocycles. The summed E-state index contributed by atoms with van der Waals surface area (Å²) in [7, 11) is 1.63. The van der Waals surface area contributed by atoms with Crippen molar-refractivity contribution in [2.75, 3.05) is 0 Å². The Morgan fingerprint density at radius 2 is 2.17 bits per heavy atom. The van der Waals surface area contributed by atoms with E-state index in [9.17, 15) is 9.59 Å². The minimum atomic E-state index is -1.48. The summed E-state index contributed by atoms with van der Waals surface area (Å²) in [5, 5.41) is 12.1. The van der Waals surface area contributed by atoms with E-state index >= 15 is 0 Å². The van der Waals surface area contributed by atoms with E-state index in [4.69, 9.17) is 5.11 Å². The number of aliphatic carboxylic acids is 1. The van der Waals surface area contributed by atoms with Gasteiger partial charge in [-0.3, -0.25) is 9.48 Å². The Morgan fingerprint density at radius 1 is 1.58 bits per heavy atom. The molecule has 0 saturated carbocycles. The molecule has 0 radical (unpaired) electrons. The molecule has 1 aromatic heterocycles. The Labute approximate surface area is 68.6 Å². The van der Waals surface area contributed by atoms with Crippen LogP contribution in [0.15, 0.2) is 6.20 Å². The summed E-state index contributed by atoms with van der Waals surface area (Å²) in [5.41, 5.74) is 0.579. The van der Waals surface area contributed by atoms with E-state index in [1.165, 1.54) is 4.68 Å². The molecule has 5 heteroatoms. The van der Waals surface area contributed by atoms with Gasteiger partial charge >= 0.3 is 5.97 Å². The van der Waals surface area contributed by atoms with Gasteiger partial charge in [-0.1, -0.05) is 0 Å². The van der Waals surface area contributed by atoms with Crippen molar-refractivity contribution in [1.82, 2.24) is 9.78 Å². The molecule has 1 N–H and O–H groups in total. The number of ketones is 1. The first-order valence-electron chi connectivity index (χ1n) is 3.30. The molecule has 0 aromatic carbocycles. The minimum absolute atomic E-state index is 0.00463. The molecule has 0 amide bonds. The van der Waals surface area contributed by atoms with Crippen LogP contribution in [0.5, 0.6) is 0 Å². The molecule has 0 aliphatic carbocycles. The third-order valence-corrected chi connectivity index (χ3v) is 1.42. The predicted octanol–water partition coefficient (Wildman–Crippen LogP) is -0.00418. The van der Waals surface area contributed by atoms with Crippen LogP contribution in [0.4, 0.5) is 0 Å². The topological polar surface area (TPSA) is 72.2 Å². The Kier molecular flexibility index (Phi) is 1.95. The number of hydrogen-bond donors (Lipinski definition) is 1. The summed E-state index contributed by atoms with van der Waals surface area (Å²) < 4.78 is 1.41. The van der Waals surface area contributed by atoms with E-state index < -0.39 is 11.8 Å². The lowest BCUT2D eigenvalue weighted by Crippen LogP contribution is -2.14. The third-order valence-electron chi connectivity index (χ3n) is 1.42. The van der Waals surface area contributed by atoms with Crippen molar-refractivity contribution in [2.45, 2.75) is 6.92 Å². The van der Waals surface area contributed by atoms with Crippen LogP contribution in [0.1, 0.15) is 16.1 Å². The van der Waals surface area contributed by atoms with Gasteiger partial charge in [-0.25, -0.2) is 4.79 Å². The van der Waals surface area contributed by atoms with Crippen molar-refractivity contribution < 1.29 is 14.7 Å². The number of rotatable bonds is 2. The Hall–Kier alpha value is -1.65. The Balaban J connectivity index is 3.11. The number of hydrogen-bond acceptors (Lipinski definition) is 3.